The van der Waals surface area contributed by atoms with Crippen LogP contribution in [0.4, 0.5) is 11.5 Å². The van der Waals surface area contributed by atoms with Crippen molar-refractivity contribution < 1.29 is 14.4 Å². The van der Waals surface area contributed by atoms with E-state index in [-0.39, 0.29) is 29.1 Å². The van der Waals surface area contributed by atoms with Crippen LogP contribution < -0.4 is 15.5 Å². The first-order valence-electron chi connectivity index (χ1n) is 18.6. The maximum Gasteiger partial charge on any atom is 0.241 e. The highest BCUT2D eigenvalue weighted by atomic mass is 35.5. The molecule has 0 radical (unpaired) electrons. The fraction of sp³-hybridized carbons (Fsp3) is 0.500. The van der Waals surface area contributed by atoms with Crippen LogP contribution in [0, 0.1) is 5.92 Å². The molecule has 10 heteroatoms. The highest BCUT2D eigenvalue weighted by molar-refractivity contribution is 6.32. The van der Waals surface area contributed by atoms with Gasteiger partial charge in [0, 0.05) is 53.9 Å². The number of rotatable bonds is 10. The van der Waals surface area contributed by atoms with Crippen molar-refractivity contribution >= 4 is 40.8 Å². The third kappa shape index (κ3) is 6.56. The first-order chi connectivity index (χ1) is 24.4. The molecule has 3 saturated heterocycles. The van der Waals surface area contributed by atoms with Gasteiger partial charge in [0.05, 0.1) is 12.5 Å². The van der Waals surface area contributed by atoms with E-state index in [4.69, 9.17) is 11.6 Å². The molecule has 2 unspecified atom stereocenters. The lowest BCUT2D eigenvalue weighted by Gasteiger charge is -2.36. The second-order valence-electron chi connectivity index (χ2n) is 15.0. The lowest BCUT2D eigenvalue weighted by Crippen LogP contribution is -2.50. The van der Waals surface area contributed by atoms with E-state index in [1.807, 2.05) is 11.0 Å². The lowest BCUT2D eigenvalue weighted by atomic mass is 9.72. The van der Waals surface area contributed by atoms with E-state index >= 15 is 0 Å². The van der Waals surface area contributed by atoms with Crippen LogP contribution >= 0.6 is 11.6 Å². The fourth-order valence-corrected chi connectivity index (χ4v) is 9.34. The summed E-state index contributed by atoms with van der Waals surface area (Å²) >= 11 is 6.79. The van der Waals surface area contributed by atoms with Gasteiger partial charge in [0.2, 0.25) is 17.7 Å². The molecule has 1 saturated carbocycles. The van der Waals surface area contributed by atoms with Crippen molar-refractivity contribution in [3.05, 3.63) is 88.1 Å². The number of anilines is 2. The molecule has 50 heavy (non-hydrogen) atoms. The van der Waals surface area contributed by atoms with Crippen LogP contribution in [0.15, 0.2) is 60.8 Å². The number of carbonyl (C=O) groups is 3. The van der Waals surface area contributed by atoms with Crippen LogP contribution in [-0.2, 0) is 19.8 Å². The van der Waals surface area contributed by atoms with Crippen molar-refractivity contribution in [3.8, 4) is 0 Å². The molecule has 262 valence electrons. The lowest BCUT2D eigenvalue weighted by molar-refractivity contribution is -0.134. The molecular formula is C40H47ClN6O3. The zero-order chi connectivity index (χ0) is 34.2. The van der Waals surface area contributed by atoms with Crippen molar-refractivity contribution in [1.82, 2.24) is 20.1 Å². The standard InChI is InChI=1S/C40H47ClN6O3/c41-34-14-17-42-38-37(34)40(26-43-38,30-10-11-30)31-4-3-5-32(24-31)47-23-22-46(25-36(47)49)19-2-1-18-45-20-15-28(16-21-45)27-6-8-29(9-7-27)33-12-13-35(48)44-39(33)50/h3-9,14,17,24,28,30,33H,1-2,10-13,15-16,18-23,25-26H2,(H,42,43)(H,44,48,50). The number of nitrogens with one attached hydrogen (secondary N) is 2. The molecule has 2 N–H and O–H groups in total. The van der Waals surface area contributed by atoms with Gasteiger partial charge in [0.1, 0.15) is 5.82 Å². The number of amides is 3. The topological polar surface area (TPSA) is 97.9 Å². The number of benzene rings is 2. The average Bonchev–Trinajstić information content (AvgIpc) is 3.91. The SMILES string of the molecule is O=C1CCC(c2ccc(C3CCN(CCCCN4CCN(c5cccc(C6(C7CC7)CNc7nccc(Cl)c76)c5)C(=O)C4)CC3)cc2)C(=O)N1. The second-order valence-corrected chi connectivity index (χ2v) is 15.4. The Kier molecular flexibility index (Phi) is 9.40. The molecule has 2 atom stereocenters. The van der Waals surface area contributed by atoms with E-state index < -0.39 is 0 Å². The van der Waals surface area contributed by atoms with Crippen molar-refractivity contribution in [2.45, 2.75) is 68.6 Å². The molecule has 3 aromatic rings. The zero-order valence-corrected chi connectivity index (χ0v) is 29.5. The minimum absolute atomic E-state index is 0.170. The average molecular weight is 695 g/mol. The van der Waals surface area contributed by atoms with E-state index in [0.29, 0.717) is 37.8 Å². The van der Waals surface area contributed by atoms with Crippen molar-refractivity contribution in [2.75, 3.05) is 62.6 Å². The number of fused-ring (bicyclic) bond motifs is 1. The molecule has 4 fully saturated rings. The number of piperazine rings is 1. The molecule has 9 nitrogen and oxygen atoms in total. The van der Waals surface area contributed by atoms with Gasteiger partial charge >= 0.3 is 0 Å². The van der Waals surface area contributed by atoms with Gasteiger partial charge in [0.15, 0.2) is 0 Å². The first-order valence-corrected chi connectivity index (χ1v) is 18.9. The Labute approximate surface area is 299 Å². The number of halogens is 1. The summed E-state index contributed by atoms with van der Waals surface area (Å²) in [5.41, 5.74) is 5.46. The number of imide groups is 1. The van der Waals surface area contributed by atoms with Crippen molar-refractivity contribution in [1.29, 1.82) is 0 Å². The van der Waals surface area contributed by atoms with Gasteiger partial charge < -0.3 is 15.1 Å². The Balaban J connectivity index is 0.789. The summed E-state index contributed by atoms with van der Waals surface area (Å²) in [6, 6.07) is 19.0. The Morgan fingerprint density at radius 3 is 2.34 bits per heavy atom. The van der Waals surface area contributed by atoms with Crippen molar-refractivity contribution in [2.24, 2.45) is 5.92 Å². The monoisotopic (exact) mass is 694 g/mol. The normalized spacial score (nSPS) is 25.0. The summed E-state index contributed by atoms with van der Waals surface area (Å²) in [6.45, 7) is 7.09. The van der Waals surface area contributed by atoms with Gasteiger partial charge in [0.25, 0.3) is 0 Å². The number of pyridine rings is 1. The summed E-state index contributed by atoms with van der Waals surface area (Å²) in [5, 5.41) is 6.76. The molecule has 1 aromatic heterocycles. The first kappa shape index (κ1) is 33.4. The molecule has 8 rings (SSSR count). The Morgan fingerprint density at radius 1 is 0.840 bits per heavy atom. The maximum absolute atomic E-state index is 13.5. The number of hydrogen-bond acceptors (Lipinski definition) is 7. The smallest absolute Gasteiger partial charge is 0.241 e. The Morgan fingerprint density at radius 2 is 1.60 bits per heavy atom. The van der Waals surface area contributed by atoms with E-state index in [0.717, 1.165) is 92.6 Å². The van der Waals surface area contributed by atoms with Gasteiger partial charge in [-0.05, 0) is 118 Å². The number of piperidine rings is 2. The molecule has 4 aliphatic heterocycles. The highest BCUT2D eigenvalue weighted by Gasteiger charge is 2.53. The van der Waals surface area contributed by atoms with Crippen LogP contribution in [0.3, 0.4) is 0 Å². The number of carbonyl (C=O) groups excluding carboxylic acids is 3. The van der Waals surface area contributed by atoms with Gasteiger partial charge in [-0.25, -0.2) is 4.98 Å². The summed E-state index contributed by atoms with van der Waals surface area (Å²) in [4.78, 5) is 48.7. The number of hydrogen-bond donors (Lipinski definition) is 2. The Bertz CT molecular complexity index is 1750. The predicted octanol–water partition coefficient (Wildman–Crippen LogP) is 5.69. The van der Waals surface area contributed by atoms with E-state index in [1.165, 1.54) is 24.0 Å². The predicted molar refractivity (Wildman–Crippen MR) is 196 cm³/mol. The van der Waals surface area contributed by atoms with Gasteiger partial charge in [-0.3, -0.25) is 24.6 Å². The van der Waals surface area contributed by atoms with Crippen LogP contribution in [0.2, 0.25) is 5.02 Å². The largest absolute Gasteiger partial charge is 0.369 e. The molecule has 0 bridgehead atoms. The minimum atomic E-state index is -0.223. The summed E-state index contributed by atoms with van der Waals surface area (Å²) in [6.07, 6.45) is 9.64. The molecule has 1 aliphatic carbocycles. The summed E-state index contributed by atoms with van der Waals surface area (Å²) < 4.78 is 0. The Hall–Kier alpha value is -3.79. The third-order valence-electron chi connectivity index (χ3n) is 12.0. The minimum Gasteiger partial charge on any atom is -0.369 e. The highest BCUT2D eigenvalue weighted by Crippen LogP contribution is 2.57. The summed E-state index contributed by atoms with van der Waals surface area (Å²) in [5.74, 6) is 1.57. The zero-order valence-electron chi connectivity index (χ0n) is 28.7. The van der Waals surface area contributed by atoms with Crippen LogP contribution in [0.5, 0.6) is 0 Å². The molecule has 2 aromatic carbocycles. The quantitative estimate of drug-likeness (QED) is 0.208. The third-order valence-corrected chi connectivity index (χ3v) is 12.3. The molecule has 5 heterocycles. The van der Waals surface area contributed by atoms with Gasteiger partial charge in [-0.2, -0.15) is 0 Å². The van der Waals surface area contributed by atoms with Crippen LogP contribution in [0.1, 0.15) is 85.5 Å². The van der Waals surface area contributed by atoms with Crippen LogP contribution in [0.25, 0.3) is 0 Å². The second kappa shape index (κ2) is 14.1. The van der Waals surface area contributed by atoms with Gasteiger partial charge in [-0.1, -0.05) is 48.0 Å². The molecular weight excluding hydrogens is 648 g/mol. The maximum atomic E-state index is 13.5. The molecule has 0 spiro atoms. The number of unbranched alkanes of at least 4 members (excludes halogenated alkanes) is 1. The fourth-order valence-electron chi connectivity index (χ4n) is 9.02. The van der Waals surface area contributed by atoms with E-state index in [9.17, 15) is 14.4 Å². The molecule has 5 aliphatic rings. The summed E-state index contributed by atoms with van der Waals surface area (Å²) in [7, 11) is 0. The van der Waals surface area contributed by atoms with E-state index in [2.05, 4.69) is 73.9 Å². The van der Waals surface area contributed by atoms with E-state index in [1.54, 1.807) is 6.20 Å². The number of likely N-dealkylation sites (tertiary alicyclic amines) is 1. The van der Waals surface area contributed by atoms with Crippen molar-refractivity contribution in [3.63, 3.8) is 0 Å². The number of aromatic nitrogens is 1. The number of nitrogens with zero attached hydrogens (tertiary/aromatic N) is 4. The van der Waals surface area contributed by atoms with Gasteiger partial charge in [-0.15, -0.1) is 0 Å². The molecule has 3 amide bonds. The van der Waals surface area contributed by atoms with Crippen LogP contribution in [-0.4, -0.2) is 84.9 Å².